The Morgan fingerprint density at radius 2 is 1.83 bits per heavy atom. The van der Waals surface area contributed by atoms with Gasteiger partial charge in [0.2, 0.25) is 6.41 Å². The van der Waals surface area contributed by atoms with E-state index in [1.54, 1.807) is 0 Å². The third-order valence-electron chi connectivity index (χ3n) is 6.44. The van der Waals surface area contributed by atoms with Gasteiger partial charge in [0.25, 0.3) is 11.8 Å². The van der Waals surface area contributed by atoms with Gasteiger partial charge in [-0.3, -0.25) is 19.3 Å². The van der Waals surface area contributed by atoms with Crippen LogP contribution in [0.1, 0.15) is 22.9 Å². The van der Waals surface area contributed by atoms with Gasteiger partial charge >= 0.3 is 5.97 Å². The monoisotopic (exact) mass is 625 g/mol. The van der Waals surface area contributed by atoms with E-state index in [-0.39, 0.29) is 28.1 Å². The van der Waals surface area contributed by atoms with Crippen LogP contribution in [0.3, 0.4) is 0 Å². The topological polar surface area (TPSA) is 139 Å². The molecule has 0 spiro atoms. The molecule has 1 aromatic heterocycles. The van der Waals surface area contributed by atoms with Gasteiger partial charge < -0.3 is 20.2 Å². The van der Waals surface area contributed by atoms with Gasteiger partial charge in [0.05, 0.1) is 0 Å². The molecule has 0 saturated carbocycles. The van der Waals surface area contributed by atoms with E-state index in [0.29, 0.717) is 17.7 Å². The number of nitrogens with zero attached hydrogens (tertiary/aromatic N) is 3. The molecule has 1 fully saturated rings. The number of anilines is 1. The molecule has 14 heteroatoms. The van der Waals surface area contributed by atoms with Crippen LogP contribution in [0, 0.1) is 0 Å². The molecule has 42 heavy (non-hydrogen) atoms. The summed E-state index contributed by atoms with van der Waals surface area (Å²) in [4.78, 5) is 61.3. The molecule has 5 rings (SSSR count). The third-order valence-corrected chi connectivity index (χ3v) is 8.88. The summed E-state index contributed by atoms with van der Waals surface area (Å²) in [7, 11) is 1.27. The molecular formula is C28H24ClN5O6S2. The molecule has 0 radical (unpaired) electrons. The Morgan fingerprint density at radius 1 is 1.17 bits per heavy atom. The molecule has 3 heterocycles. The minimum absolute atomic E-state index is 0.0257. The molecule has 0 bridgehead atoms. The molecule has 11 nitrogen and oxygen atoms in total. The first-order valence-electron chi connectivity index (χ1n) is 12.6. The summed E-state index contributed by atoms with van der Waals surface area (Å²) in [6.07, 6.45) is -0.251. The molecule has 1 saturated heterocycles. The number of oxime groups is 1. The lowest BCUT2D eigenvalue weighted by molar-refractivity contribution is -0.154. The summed E-state index contributed by atoms with van der Waals surface area (Å²) in [6, 6.07) is 17.7. The summed E-state index contributed by atoms with van der Waals surface area (Å²) < 4.78 is 6.04. The zero-order valence-corrected chi connectivity index (χ0v) is 24.4. The number of esters is 1. The first-order valence-corrected chi connectivity index (χ1v) is 15.0. The average molecular weight is 626 g/mol. The number of halogens is 1. The highest BCUT2D eigenvalue weighted by Gasteiger charge is 2.55. The van der Waals surface area contributed by atoms with Crippen LogP contribution < -0.4 is 10.6 Å². The predicted octanol–water partition coefficient (Wildman–Crippen LogP) is 3.29. The summed E-state index contributed by atoms with van der Waals surface area (Å²) in [6.45, 7) is 0. The first-order chi connectivity index (χ1) is 20.5. The van der Waals surface area contributed by atoms with Crippen LogP contribution in [0.25, 0.3) is 0 Å². The Kier molecular flexibility index (Phi) is 9.20. The molecule has 2 aromatic carbocycles. The lowest BCUT2D eigenvalue weighted by atomic mass is 10.0. The fourth-order valence-electron chi connectivity index (χ4n) is 4.53. The Hall–Kier alpha value is -4.20. The number of benzene rings is 2. The number of alkyl halides is 1. The second-order valence-corrected chi connectivity index (χ2v) is 11.2. The minimum atomic E-state index is -0.950. The number of aromatic nitrogens is 1. The van der Waals surface area contributed by atoms with Gasteiger partial charge in [0.1, 0.15) is 29.9 Å². The molecule has 2 aliphatic heterocycles. The van der Waals surface area contributed by atoms with Crippen LogP contribution in [-0.4, -0.2) is 69.9 Å². The Labute approximate surface area is 253 Å². The minimum Gasteiger partial charge on any atom is -0.448 e. The van der Waals surface area contributed by atoms with E-state index in [1.165, 1.54) is 29.2 Å². The largest absolute Gasteiger partial charge is 0.448 e. The quantitative estimate of drug-likeness (QED) is 0.0827. The summed E-state index contributed by atoms with van der Waals surface area (Å²) >= 11 is 8.68. The van der Waals surface area contributed by atoms with Gasteiger partial charge in [-0.2, -0.15) is 0 Å². The van der Waals surface area contributed by atoms with Crippen molar-refractivity contribution in [2.75, 3.05) is 24.1 Å². The van der Waals surface area contributed by atoms with Gasteiger partial charge in [-0.15, -0.1) is 34.7 Å². The van der Waals surface area contributed by atoms with Crippen molar-refractivity contribution in [2.45, 2.75) is 17.5 Å². The van der Waals surface area contributed by atoms with Crippen LogP contribution in [-0.2, 0) is 28.8 Å². The van der Waals surface area contributed by atoms with Gasteiger partial charge in [0.15, 0.2) is 16.9 Å². The average Bonchev–Trinajstić information content (AvgIpc) is 3.49. The number of carbonyl (C=O) groups is 4. The molecule has 3 aromatic rings. The lowest BCUT2D eigenvalue weighted by Gasteiger charge is -2.49. The number of thioether (sulfide) groups is 1. The molecule has 3 amide bonds. The number of hydrogen-bond donors (Lipinski definition) is 2. The number of hydrogen-bond acceptors (Lipinski definition) is 10. The van der Waals surface area contributed by atoms with Crippen molar-refractivity contribution in [1.82, 2.24) is 15.2 Å². The number of thiazole rings is 1. The maximum absolute atomic E-state index is 13.7. The molecule has 2 atom stereocenters. The summed E-state index contributed by atoms with van der Waals surface area (Å²) in [5.41, 5.74) is 2.15. The van der Waals surface area contributed by atoms with Crippen LogP contribution in [0.5, 0.6) is 0 Å². The van der Waals surface area contributed by atoms with Crippen molar-refractivity contribution in [2.24, 2.45) is 5.16 Å². The first kappa shape index (κ1) is 29.3. The predicted molar refractivity (Wildman–Crippen MR) is 159 cm³/mol. The molecular weight excluding hydrogens is 602 g/mol. The number of β-lactam (4-membered cyclic amide) rings is 1. The van der Waals surface area contributed by atoms with E-state index in [0.717, 1.165) is 22.5 Å². The van der Waals surface area contributed by atoms with Gasteiger partial charge in [-0.1, -0.05) is 65.8 Å². The number of ether oxygens (including phenoxy) is 1. The summed E-state index contributed by atoms with van der Waals surface area (Å²) in [5, 5.41) is 10.1. The van der Waals surface area contributed by atoms with E-state index < -0.39 is 35.3 Å². The van der Waals surface area contributed by atoms with Gasteiger partial charge in [-0.25, -0.2) is 9.78 Å². The normalized spacial score (nSPS) is 18.2. The fraction of sp³-hybridized carbons (Fsp3) is 0.214. The molecule has 0 aliphatic carbocycles. The van der Waals surface area contributed by atoms with Crippen LogP contribution in [0.15, 0.2) is 82.5 Å². The number of fused-ring (bicyclic) bond motifs is 1. The maximum Gasteiger partial charge on any atom is 0.356 e. The molecule has 2 N–H and O–H groups in total. The lowest BCUT2D eigenvalue weighted by Crippen LogP contribution is -2.71. The van der Waals surface area contributed by atoms with E-state index >= 15 is 0 Å². The molecule has 1 unspecified atom stereocenters. The van der Waals surface area contributed by atoms with Crippen molar-refractivity contribution in [3.05, 3.63) is 94.1 Å². The Bertz CT molecular complexity index is 1510. The van der Waals surface area contributed by atoms with Crippen LogP contribution in [0.2, 0.25) is 0 Å². The zero-order chi connectivity index (χ0) is 29.6. The van der Waals surface area contributed by atoms with Crippen molar-refractivity contribution in [3.8, 4) is 0 Å². The van der Waals surface area contributed by atoms with E-state index in [4.69, 9.17) is 21.2 Å². The zero-order valence-electron chi connectivity index (χ0n) is 22.1. The van der Waals surface area contributed by atoms with Gasteiger partial charge in [0, 0.05) is 17.0 Å². The van der Waals surface area contributed by atoms with Gasteiger partial charge in [-0.05, 0) is 16.7 Å². The van der Waals surface area contributed by atoms with E-state index in [2.05, 4.69) is 20.8 Å². The fourth-order valence-corrected chi connectivity index (χ4v) is 6.86. The SMILES string of the molecule is CON=C(C(=O)NC1C(=O)N2C(C(=O)OC(c3ccccc3)c3ccccc3)=C(CCl)CS[C@@H]12)c1csc(NC=O)n1. The standard InChI is InChI=1S/C28H24ClN5O6S2/c1-39-33-20(19-14-42-28(31-19)30-15-35)24(36)32-21-25(37)34-22(18(12-29)13-41-26(21)34)27(38)40-23(16-8-4-2-5-9-16)17-10-6-3-7-11-17/h2-11,14-15,21,23,26H,12-13H2,1H3,(H,32,36)(H,30,31,35)/t21?,26-/m0/s1. The maximum atomic E-state index is 13.7. The molecule has 2 aliphatic rings. The Balaban J connectivity index is 1.36. The number of rotatable bonds is 11. The second-order valence-electron chi connectivity index (χ2n) is 8.98. The number of nitrogens with one attached hydrogen (secondary N) is 2. The van der Waals surface area contributed by atoms with E-state index in [9.17, 15) is 19.2 Å². The third kappa shape index (κ3) is 5.89. The summed E-state index contributed by atoms with van der Waals surface area (Å²) in [5.74, 6) is -1.50. The second kappa shape index (κ2) is 13.2. The highest BCUT2D eigenvalue weighted by Crippen LogP contribution is 2.42. The van der Waals surface area contributed by atoms with Crippen molar-refractivity contribution in [3.63, 3.8) is 0 Å². The smallest absolute Gasteiger partial charge is 0.356 e. The molecule has 216 valence electrons. The highest BCUT2D eigenvalue weighted by molar-refractivity contribution is 8.00. The van der Waals surface area contributed by atoms with E-state index in [1.807, 2.05) is 60.7 Å². The number of carbonyl (C=O) groups excluding carboxylic acids is 4. The van der Waals surface area contributed by atoms with Crippen molar-refractivity contribution >= 4 is 69.7 Å². The van der Waals surface area contributed by atoms with Crippen molar-refractivity contribution in [1.29, 1.82) is 0 Å². The van der Waals surface area contributed by atoms with Crippen molar-refractivity contribution < 1.29 is 28.8 Å². The van der Waals surface area contributed by atoms with Crippen LogP contribution >= 0.6 is 34.7 Å². The van der Waals surface area contributed by atoms with Crippen LogP contribution in [0.4, 0.5) is 5.13 Å². The number of amides is 3. The highest BCUT2D eigenvalue weighted by atomic mass is 35.5. The Morgan fingerprint density at radius 3 is 2.43 bits per heavy atom.